The summed E-state index contributed by atoms with van der Waals surface area (Å²) < 4.78 is 16.7. The highest BCUT2D eigenvalue weighted by Crippen LogP contribution is 2.64. The van der Waals surface area contributed by atoms with Crippen molar-refractivity contribution >= 4 is 27.5 Å². The maximum Gasteiger partial charge on any atom is 0.132 e. The molecule has 0 amide bonds. The fourth-order valence-electron chi connectivity index (χ4n) is 10.8. The molecule has 52 heavy (non-hydrogen) atoms. The van der Waals surface area contributed by atoms with Crippen LogP contribution in [0.4, 0.5) is 0 Å². The average Bonchev–Trinajstić information content (AvgIpc) is 3.56. The Bertz CT molecular complexity index is 2470. The van der Waals surface area contributed by atoms with Crippen LogP contribution in [0.15, 0.2) is 151 Å². The van der Waals surface area contributed by atoms with Crippen molar-refractivity contribution < 1.29 is 9.47 Å². The Balaban J connectivity index is 1.21. The first kappa shape index (κ1) is 30.4. The SMILES string of the molecule is C1=CCCC(n2c3ccccc3c3c(-c4cccc5c4C4(C6=C(CCC=C6)OC6CC(C7C=CCCC7)C=CC64)c4ccccc4O5)cccc32)=C1. The maximum atomic E-state index is 7.21. The number of allylic oxidation sites excluding steroid dienone is 11. The van der Waals surface area contributed by atoms with Crippen LogP contribution >= 0.6 is 0 Å². The normalized spacial score (nSPS) is 27.1. The van der Waals surface area contributed by atoms with E-state index in [0.717, 1.165) is 43.6 Å². The minimum atomic E-state index is -0.475. The second-order valence-electron chi connectivity index (χ2n) is 15.5. The molecule has 0 bridgehead atoms. The number of benzene rings is 4. The van der Waals surface area contributed by atoms with Gasteiger partial charge in [-0.1, -0.05) is 109 Å². The molecule has 4 aromatic carbocycles. The minimum absolute atomic E-state index is 0.0756. The van der Waals surface area contributed by atoms with Gasteiger partial charge in [-0.15, -0.1) is 0 Å². The summed E-state index contributed by atoms with van der Waals surface area (Å²) in [5, 5.41) is 2.59. The molecule has 0 saturated heterocycles. The predicted molar refractivity (Wildman–Crippen MR) is 212 cm³/mol. The van der Waals surface area contributed by atoms with Gasteiger partial charge in [-0.05, 0) is 98.2 Å². The summed E-state index contributed by atoms with van der Waals surface area (Å²) in [6, 6.07) is 31.5. The van der Waals surface area contributed by atoms with Crippen molar-refractivity contribution in [2.24, 2.45) is 17.8 Å². The molecule has 0 fully saturated rings. The monoisotopic (exact) mass is 677 g/mol. The first-order valence-electron chi connectivity index (χ1n) is 19.5. The first-order valence-corrected chi connectivity index (χ1v) is 19.5. The molecule has 3 nitrogen and oxygen atoms in total. The zero-order valence-electron chi connectivity index (χ0n) is 29.5. The van der Waals surface area contributed by atoms with Crippen LogP contribution in [0.5, 0.6) is 11.5 Å². The molecule has 0 radical (unpaired) electrons. The molecular weight excluding hydrogens is 635 g/mol. The van der Waals surface area contributed by atoms with Gasteiger partial charge in [0.25, 0.3) is 0 Å². The number of rotatable bonds is 3. The van der Waals surface area contributed by atoms with Crippen molar-refractivity contribution in [1.29, 1.82) is 0 Å². The second kappa shape index (κ2) is 11.9. The van der Waals surface area contributed by atoms with Gasteiger partial charge in [0.2, 0.25) is 0 Å². The zero-order valence-corrected chi connectivity index (χ0v) is 29.5. The van der Waals surface area contributed by atoms with E-state index in [2.05, 4.69) is 144 Å². The summed E-state index contributed by atoms with van der Waals surface area (Å²) in [4.78, 5) is 0. The number of aromatic nitrogens is 1. The lowest BCUT2D eigenvalue weighted by Crippen LogP contribution is -2.51. The van der Waals surface area contributed by atoms with Gasteiger partial charge in [0.1, 0.15) is 23.4 Å². The summed E-state index contributed by atoms with van der Waals surface area (Å²) >= 11 is 0. The number of fused-ring (bicyclic) bond motifs is 10. The Kier molecular flexibility index (Phi) is 6.94. The second-order valence-corrected chi connectivity index (χ2v) is 15.5. The number of hydrogen-bond acceptors (Lipinski definition) is 2. The quantitative estimate of drug-likeness (QED) is 0.177. The van der Waals surface area contributed by atoms with Gasteiger partial charge in [-0.2, -0.15) is 0 Å². The lowest BCUT2D eigenvalue weighted by molar-refractivity contribution is 0.00688. The van der Waals surface area contributed by atoms with Gasteiger partial charge in [0.05, 0.1) is 16.4 Å². The third-order valence-electron chi connectivity index (χ3n) is 12.9. The summed E-state index contributed by atoms with van der Waals surface area (Å²) in [7, 11) is 0. The van der Waals surface area contributed by atoms with Crippen LogP contribution in [0, 0.1) is 17.8 Å². The van der Waals surface area contributed by atoms with Gasteiger partial charge in [-0.25, -0.2) is 0 Å². The molecule has 5 aromatic rings. The van der Waals surface area contributed by atoms with Crippen LogP contribution in [0.3, 0.4) is 0 Å². The van der Waals surface area contributed by atoms with Crippen molar-refractivity contribution in [2.75, 3.05) is 0 Å². The van der Waals surface area contributed by atoms with E-state index in [0.29, 0.717) is 11.8 Å². The molecule has 1 aromatic heterocycles. The van der Waals surface area contributed by atoms with Crippen LogP contribution in [0.25, 0.3) is 38.6 Å². The molecule has 5 atom stereocenters. The molecule has 6 aliphatic rings. The van der Waals surface area contributed by atoms with Crippen LogP contribution in [0.1, 0.15) is 62.5 Å². The zero-order chi connectivity index (χ0) is 34.2. The summed E-state index contributed by atoms with van der Waals surface area (Å²) in [6.07, 6.45) is 30.4. The van der Waals surface area contributed by atoms with Crippen LogP contribution < -0.4 is 4.74 Å². The largest absolute Gasteiger partial charge is 0.494 e. The summed E-state index contributed by atoms with van der Waals surface area (Å²) in [6.45, 7) is 0. The highest BCUT2D eigenvalue weighted by molar-refractivity contribution is 6.16. The van der Waals surface area contributed by atoms with E-state index in [4.69, 9.17) is 9.47 Å². The van der Waals surface area contributed by atoms with E-state index in [1.807, 2.05) is 0 Å². The molecule has 2 aliphatic heterocycles. The molecule has 1 spiro atoms. The van der Waals surface area contributed by atoms with Crippen LogP contribution in [-0.4, -0.2) is 10.7 Å². The van der Waals surface area contributed by atoms with Gasteiger partial charge >= 0.3 is 0 Å². The average molecular weight is 678 g/mol. The Hall–Kier alpha value is -5.28. The molecule has 3 heterocycles. The molecule has 256 valence electrons. The Morgan fingerprint density at radius 3 is 2.46 bits per heavy atom. The number of nitrogens with zero attached hydrogens (tertiary/aromatic N) is 1. The van der Waals surface area contributed by atoms with Crippen molar-refractivity contribution in [3.63, 3.8) is 0 Å². The van der Waals surface area contributed by atoms with Crippen molar-refractivity contribution in [2.45, 2.75) is 62.9 Å². The standard InChI is InChI=1S/C49H43NO2/c1-3-15-32(16-4-1)33-29-30-40-46(31-33)52-44-27-12-9-23-39(44)49(40)38-22-8-11-26-43(38)51-45-28-14-21-36(48(45)49)35-20-13-25-42-47(35)37-19-7-10-24-41(37)50(42)34-17-5-2-6-18-34/h2-3,5,7-11,13-15,17,19-26,28-30,32-33,40,46H,1,4,6,12,16,18,27,31H2. The van der Waals surface area contributed by atoms with E-state index in [1.54, 1.807) is 0 Å². The highest BCUT2D eigenvalue weighted by Gasteiger charge is 2.58. The Morgan fingerprint density at radius 1 is 0.692 bits per heavy atom. The molecule has 0 N–H and O–H groups in total. The van der Waals surface area contributed by atoms with Gasteiger partial charge < -0.3 is 14.0 Å². The molecule has 3 heteroatoms. The number of para-hydroxylation sites is 2. The van der Waals surface area contributed by atoms with Crippen LogP contribution in [0.2, 0.25) is 0 Å². The first-order chi connectivity index (χ1) is 25.8. The van der Waals surface area contributed by atoms with Gasteiger partial charge in [0, 0.05) is 45.5 Å². The summed E-state index contributed by atoms with van der Waals surface area (Å²) in [5.41, 5.74) is 9.72. The highest BCUT2D eigenvalue weighted by atomic mass is 16.5. The van der Waals surface area contributed by atoms with Gasteiger partial charge in [0.15, 0.2) is 0 Å². The third kappa shape index (κ3) is 4.32. The molecule has 5 unspecified atom stereocenters. The topological polar surface area (TPSA) is 23.4 Å². The van der Waals surface area contributed by atoms with Crippen molar-refractivity contribution in [3.8, 4) is 22.6 Å². The van der Waals surface area contributed by atoms with E-state index in [1.165, 1.54) is 80.4 Å². The predicted octanol–water partition coefficient (Wildman–Crippen LogP) is 12.6. The van der Waals surface area contributed by atoms with Crippen LogP contribution in [-0.2, 0) is 10.2 Å². The Labute approximate surface area is 306 Å². The van der Waals surface area contributed by atoms with E-state index in [-0.39, 0.29) is 12.0 Å². The third-order valence-corrected chi connectivity index (χ3v) is 12.9. The smallest absolute Gasteiger partial charge is 0.132 e. The molecule has 0 saturated carbocycles. The lowest BCUT2D eigenvalue weighted by atomic mass is 9.53. The van der Waals surface area contributed by atoms with E-state index in [9.17, 15) is 0 Å². The van der Waals surface area contributed by atoms with E-state index >= 15 is 0 Å². The fourth-order valence-corrected chi connectivity index (χ4v) is 10.8. The van der Waals surface area contributed by atoms with Gasteiger partial charge in [-0.3, -0.25) is 0 Å². The van der Waals surface area contributed by atoms with E-state index < -0.39 is 5.41 Å². The van der Waals surface area contributed by atoms with Crippen molar-refractivity contribution in [1.82, 2.24) is 4.57 Å². The minimum Gasteiger partial charge on any atom is -0.494 e. The Morgan fingerprint density at radius 2 is 1.54 bits per heavy atom. The molecule has 11 rings (SSSR count). The fraction of sp³-hybridized carbons (Fsp3) is 0.265. The number of hydrogen-bond donors (Lipinski definition) is 0. The number of ether oxygens (including phenoxy) is 2. The lowest BCUT2D eigenvalue weighted by Gasteiger charge is -2.54. The summed E-state index contributed by atoms with van der Waals surface area (Å²) in [5.74, 6) is 4.26. The van der Waals surface area contributed by atoms with Crippen molar-refractivity contribution in [3.05, 3.63) is 162 Å². The molecule has 4 aliphatic carbocycles. The molecular formula is C49H43NO2. The maximum absolute atomic E-state index is 7.21.